The number of aryl methyl sites for hydroxylation is 1. The van der Waals surface area contributed by atoms with Crippen molar-refractivity contribution in [2.45, 2.75) is 32.6 Å². The first kappa shape index (κ1) is 11.7. The van der Waals surface area contributed by atoms with Crippen LogP contribution >= 0.6 is 0 Å². The summed E-state index contributed by atoms with van der Waals surface area (Å²) in [5.74, 6) is -1.85. The predicted molar refractivity (Wildman–Crippen MR) is 56.4 cm³/mol. The van der Waals surface area contributed by atoms with Gasteiger partial charge in [-0.3, -0.25) is 4.79 Å². The van der Waals surface area contributed by atoms with E-state index in [1.165, 1.54) is 12.1 Å². The van der Waals surface area contributed by atoms with Crippen LogP contribution in [0.4, 0.5) is 4.39 Å². The Kier molecular flexibility index (Phi) is 3.83. The predicted octanol–water partition coefficient (Wildman–Crippen LogP) is 3.10. The van der Waals surface area contributed by atoms with E-state index >= 15 is 0 Å². The standard InChI is InChI=1S/C12H15FO2/c1-3-4-11(12(14)15)9-5-8(2)6-10(13)7-9/h5-7,11H,3-4H2,1-2H3,(H,14,15). The topological polar surface area (TPSA) is 37.3 Å². The van der Waals surface area contributed by atoms with Crippen molar-refractivity contribution in [3.8, 4) is 0 Å². The highest BCUT2D eigenvalue weighted by atomic mass is 19.1. The number of aliphatic carboxylic acids is 1. The summed E-state index contributed by atoms with van der Waals surface area (Å²) >= 11 is 0. The van der Waals surface area contributed by atoms with Crippen LogP contribution < -0.4 is 0 Å². The van der Waals surface area contributed by atoms with E-state index in [-0.39, 0.29) is 5.82 Å². The lowest BCUT2D eigenvalue weighted by atomic mass is 9.93. The Bertz CT molecular complexity index is 340. The van der Waals surface area contributed by atoms with Crippen molar-refractivity contribution < 1.29 is 14.3 Å². The van der Waals surface area contributed by atoms with Gasteiger partial charge >= 0.3 is 5.97 Å². The van der Waals surface area contributed by atoms with E-state index in [1.807, 2.05) is 6.92 Å². The molecule has 0 aliphatic heterocycles. The van der Waals surface area contributed by atoms with Crippen LogP contribution in [0.3, 0.4) is 0 Å². The molecule has 0 aromatic heterocycles. The number of benzene rings is 1. The largest absolute Gasteiger partial charge is 0.481 e. The Morgan fingerprint density at radius 1 is 1.47 bits per heavy atom. The first-order chi connectivity index (χ1) is 7.04. The van der Waals surface area contributed by atoms with Crippen LogP contribution in [0.5, 0.6) is 0 Å². The number of hydrogen-bond donors (Lipinski definition) is 1. The van der Waals surface area contributed by atoms with E-state index in [1.54, 1.807) is 13.0 Å². The van der Waals surface area contributed by atoms with Gasteiger partial charge in [0.05, 0.1) is 5.92 Å². The Hall–Kier alpha value is -1.38. The van der Waals surface area contributed by atoms with Gasteiger partial charge in [0, 0.05) is 0 Å². The lowest BCUT2D eigenvalue weighted by Crippen LogP contribution is -2.11. The highest BCUT2D eigenvalue weighted by Crippen LogP contribution is 2.23. The van der Waals surface area contributed by atoms with Crippen LogP contribution in [-0.4, -0.2) is 11.1 Å². The van der Waals surface area contributed by atoms with Crippen molar-refractivity contribution in [3.05, 3.63) is 35.1 Å². The lowest BCUT2D eigenvalue weighted by Gasteiger charge is -2.12. The molecule has 2 nitrogen and oxygen atoms in total. The first-order valence-corrected chi connectivity index (χ1v) is 5.04. The van der Waals surface area contributed by atoms with Crippen molar-refractivity contribution in [1.82, 2.24) is 0 Å². The quantitative estimate of drug-likeness (QED) is 0.829. The molecular formula is C12H15FO2. The second-order valence-electron chi connectivity index (χ2n) is 3.74. The third kappa shape index (κ3) is 3.05. The monoisotopic (exact) mass is 210 g/mol. The molecule has 1 atom stereocenters. The SMILES string of the molecule is CCCC(C(=O)O)c1cc(C)cc(F)c1. The minimum atomic E-state index is -0.887. The molecule has 0 saturated heterocycles. The van der Waals surface area contributed by atoms with Crippen molar-refractivity contribution in [2.75, 3.05) is 0 Å². The summed E-state index contributed by atoms with van der Waals surface area (Å²) in [5, 5.41) is 9.02. The number of carboxylic acids is 1. The maximum Gasteiger partial charge on any atom is 0.310 e. The molecule has 15 heavy (non-hydrogen) atoms. The summed E-state index contributed by atoms with van der Waals surface area (Å²) in [5.41, 5.74) is 1.31. The maximum absolute atomic E-state index is 13.1. The van der Waals surface area contributed by atoms with Crippen molar-refractivity contribution >= 4 is 5.97 Å². The number of carbonyl (C=O) groups is 1. The van der Waals surface area contributed by atoms with E-state index in [0.717, 1.165) is 12.0 Å². The van der Waals surface area contributed by atoms with Crippen molar-refractivity contribution in [3.63, 3.8) is 0 Å². The molecule has 0 spiro atoms. The van der Waals surface area contributed by atoms with Crippen LogP contribution in [0.2, 0.25) is 0 Å². The normalized spacial score (nSPS) is 12.5. The van der Waals surface area contributed by atoms with Crippen LogP contribution in [0.25, 0.3) is 0 Å². The van der Waals surface area contributed by atoms with Gasteiger partial charge in [-0.2, -0.15) is 0 Å². The van der Waals surface area contributed by atoms with Gasteiger partial charge in [-0.25, -0.2) is 4.39 Å². The molecule has 0 aliphatic rings. The maximum atomic E-state index is 13.1. The molecule has 1 aromatic carbocycles. The molecular weight excluding hydrogens is 195 g/mol. The highest BCUT2D eigenvalue weighted by Gasteiger charge is 2.19. The fourth-order valence-electron chi connectivity index (χ4n) is 1.69. The van der Waals surface area contributed by atoms with Crippen molar-refractivity contribution in [2.24, 2.45) is 0 Å². The van der Waals surface area contributed by atoms with E-state index in [0.29, 0.717) is 12.0 Å². The summed E-state index contributed by atoms with van der Waals surface area (Å²) in [4.78, 5) is 11.0. The summed E-state index contributed by atoms with van der Waals surface area (Å²) in [6, 6.07) is 4.44. The smallest absolute Gasteiger partial charge is 0.310 e. The van der Waals surface area contributed by atoms with E-state index in [2.05, 4.69) is 0 Å². The van der Waals surface area contributed by atoms with Gasteiger partial charge in [0.25, 0.3) is 0 Å². The molecule has 0 amide bonds. The molecule has 1 unspecified atom stereocenters. The molecule has 0 saturated carbocycles. The zero-order valence-electron chi connectivity index (χ0n) is 8.96. The Morgan fingerprint density at radius 2 is 2.13 bits per heavy atom. The van der Waals surface area contributed by atoms with E-state index < -0.39 is 11.9 Å². The number of halogens is 1. The van der Waals surface area contributed by atoms with E-state index in [9.17, 15) is 9.18 Å². The number of carboxylic acid groups (broad SMARTS) is 1. The molecule has 0 bridgehead atoms. The zero-order valence-corrected chi connectivity index (χ0v) is 8.96. The van der Waals surface area contributed by atoms with Crippen LogP contribution in [-0.2, 0) is 4.79 Å². The number of rotatable bonds is 4. The van der Waals surface area contributed by atoms with Gasteiger partial charge in [-0.05, 0) is 36.6 Å². The molecule has 0 heterocycles. The van der Waals surface area contributed by atoms with Gasteiger partial charge in [0.15, 0.2) is 0 Å². The molecule has 1 rings (SSSR count). The zero-order chi connectivity index (χ0) is 11.4. The third-order valence-electron chi connectivity index (χ3n) is 2.34. The second kappa shape index (κ2) is 4.91. The molecule has 82 valence electrons. The highest BCUT2D eigenvalue weighted by molar-refractivity contribution is 5.76. The van der Waals surface area contributed by atoms with Gasteiger partial charge in [0.1, 0.15) is 5.82 Å². The Labute approximate surface area is 88.7 Å². The summed E-state index contributed by atoms with van der Waals surface area (Å²) in [6.07, 6.45) is 1.31. The summed E-state index contributed by atoms with van der Waals surface area (Å²) in [6.45, 7) is 3.68. The fraction of sp³-hybridized carbons (Fsp3) is 0.417. The van der Waals surface area contributed by atoms with Gasteiger partial charge in [-0.1, -0.05) is 19.4 Å². The molecule has 3 heteroatoms. The Morgan fingerprint density at radius 3 is 2.60 bits per heavy atom. The van der Waals surface area contributed by atoms with E-state index in [4.69, 9.17) is 5.11 Å². The molecule has 1 N–H and O–H groups in total. The summed E-state index contributed by atoms with van der Waals surface area (Å²) in [7, 11) is 0. The Balaban J connectivity index is 3.05. The molecule has 0 radical (unpaired) electrons. The van der Waals surface area contributed by atoms with Gasteiger partial charge < -0.3 is 5.11 Å². The summed E-state index contributed by atoms with van der Waals surface area (Å²) < 4.78 is 13.1. The average molecular weight is 210 g/mol. The lowest BCUT2D eigenvalue weighted by molar-refractivity contribution is -0.139. The second-order valence-corrected chi connectivity index (χ2v) is 3.74. The minimum absolute atomic E-state index is 0.368. The number of hydrogen-bond acceptors (Lipinski definition) is 1. The van der Waals surface area contributed by atoms with Crippen LogP contribution in [0.1, 0.15) is 36.8 Å². The van der Waals surface area contributed by atoms with Crippen LogP contribution in [0, 0.1) is 12.7 Å². The fourth-order valence-corrected chi connectivity index (χ4v) is 1.69. The van der Waals surface area contributed by atoms with Gasteiger partial charge in [0.2, 0.25) is 0 Å². The first-order valence-electron chi connectivity index (χ1n) is 5.04. The minimum Gasteiger partial charge on any atom is -0.481 e. The molecule has 1 aromatic rings. The third-order valence-corrected chi connectivity index (χ3v) is 2.34. The van der Waals surface area contributed by atoms with Crippen molar-refractivity contribution in [1.29, 1.82) is 0 Å². The van der Waals surface area contributed by atoms with Crippen LogP contribution in [0.15, 0.2) is 18.2 Å². The molecule has 0 fully saturated rings. The van der Waals surface area contributed by atoms with Gasteiger partial charge in [-0.15, -0.1) is 0 Å². The average Bonchev–Trinajstić information content (AvgIpc) is 2.11. The molecule has 0 aliphatic carbocycles.